The van der Waals surface area contributed by atoms with Crippen LogP contribution in [0, 0.1) is 5.82 Å². The molecule has 1 amide bonds. The van der Waals surface area contributed by atoms with Crippen LogP contribution in [-0.2, 0) is 0 Å². The van der Waals surface area contributed by atoms with Gasteiger partial charge in [-0.25, -0.2) is 9.18 Å². The van der Waals surface area contributed by atoms with Gasteiger partial charge in [0.05, 0.1) is 16.1 Å². The van der Waals surface area contributed by atoms with E-state index in [1.165, 1.54) is 18.2 Å². The molecule has 26 heavy (non-hydrogen) atoms. The summed E-state index contributed by atoms with van der Waals surface area (Å²) in [6.45, 7) is 2.07. The highest BCUT2D eigenvalue weighted by atomic mass is 35.5. The van der Waals surface area contributed by atoms with Gasteiger partial charge in [-0.05, 0) is 30.3 Å². The molecule has 4 rings (SSSR count). The second-order valence-electron chi connectivity index (χ2n) is 6.07. The average molecular weight is 376 g/mol. The van der Waals surface area contributed by atoms with Crippen molar-refractivity contribution in [1.29, 1.82) is 0 Å². The van der Waals surface area contributed by atoms with Gasteiger partial charge in [-0.1, -0.05) is 17.7 Å². The first kappa shape index (κ1) is 16.7. The molecular formula is C18H15ClFN3O3. The van der Waals surface area contributed by atoms with Gasteiger partial charge < -0.3 is 14.2 Å². The van der Waals surface area contributed by atoms with Crippen molar-refractivity contribution in [2.24, 2.45) is 0 Å². The normalized spacial score (nSPS) is 14.8. The number of carbonyl (C=O) groups excluding carboxylic acids is 1. The number of aromatic amines is 1. The quantitative estimate of drug-likeness (QED) is 0.747. The van der Waals surface area contributed by atoms with E-state index in [1.54, 1.807) is 11.0 Å². The van der Waals surface area contributed by atoms with E-state index in [1.807, 2.05) is 12.1 Å². The third-order valence-corrected chi connectivity index (χ3v) is 4.83. The summed E-state index contributed by atoms with van der Waals surface area (Å²) >= 11 is 5.99. The summed E-state index contributed by atoms with van der Waals surface area (Å²) in [5.41, 5.74) is 1.97. The first-order valence-electron chi connectivity index (χ1n) is 8.14. The van der Waals surface area contributed by atoms with Crippen LogP contribution in [0.3, 0.4) is 0 Å². The lowest BCUT2D eigenvalue weighted by atomic mass is 10.1. The summed E-state index contributed by atoms with van der Waals surface area (Å²) in [6.07, 6.45) is 0. The molecule has 134 valence electrons. The molecule has 0 spiro atoms. The van der Waals surface area contributed by atoms with Crippen LogP contribution in [0.25, 0.3) is 11.1 Å². The number of benzene rings is 2. The Balaban J connectivity index is 1.49. The fourth-order valence-corrected chi connectivity index (χ4v) is 3.41. The number of fused-ring (bicyclic) bond motifs is 1. The second kappa shape index (κ2) is 6.49. The number of oxazole rings is 1. The summed E-state index contributed by atoms with van der Waals surface area (Å²) in [7, 11) is 0. The van der Waals surface area contributed by atoms with Crippen molar-refractivity contribution >= 4 is 34.3 Å². The van der Waals surface area contributed by atoms with Crippen LogP contribution in [-0.4, -0.2) is 42.0 Å². The molecule has 6 nitrogen and oxygen atoms in total. The number of amides is 1. The molecule has 1 N–H and O–H groups in total. The predicted octanol–water partition coefficient (Wildman–Crippen LogP) is 2.88. The summed E-state index contributed by atoms with van der Waals surface area (Å²) in [6, 6.07) is 9.66. The number of rotatable bonds is 2. The van der Waals surface area contributed by atoms with Gasteiger partial charge in [-0.3, -0.25) is 9.78 Å². The van der Waals surface area contributed by atoms with Crippen molar-refractivity contribution in [3.05, 3.63) is 63.4 Å². The number of aromatic nitrogens is 1. The number of hydrogen-bond donors (Lipinski definition) is 1. The molecule has 1 fully saturated rings. The molecule has 0 aliphatic carbocycles. The first-order chi connectivity index (χ1) is 12.5. The van der Waals surface area contributed by atoms with Gasteiger partial charge in [0.15, 0.2) is 5.58 Å². The molecule has 2 heterocycles. The third-order valence-electron chi connectivity index (χ3n) is 4.51. The molecule has 2 aromatic carbocycles. The fourth-order valence-electron chi connectivity index (χ4n) is 3.16. The van der Waals surface area contributed by atoms with Crippen LogP contribution < -0.4 is 10.7 Å². The summed E-state index contributed by atoms with van der Waals surface area (Å²) < 4.78 is 19.0. The molecule has 0 bridgehead atoms. The Labute approximate surface area is 152 Å². The lowest BCUT2D eigenvalue weighted by Gasteiger charge is -2.36. The Kier molecular flexibility index (Phi) is 4.16. The Hall–Kier alpha value is -2.80. The van der Waals surface area contributed by atoms with Crippen LogP contribution in [0.4, 0.5) is 10.1 Å². The minimum absolute atomic E-state index is 0.0833. The predicted molar refractivity (Wildman–Crippen MR) is 96.4 cm³/mol. The van der Waals surface area contributed by atoms with Crippen molar-refractivity contribution in [2.45, 2.75) is 0 Å². The van der Waals surface area contributed by atoms with Gasteiger partial charge in [-0.2, -0.15) is 0 Å². The zero-order chi connectivity index (χ0) is 18.3. The molecule has 1 saturated heterocycles. The minimum Gasteiger partial charge on any atom is -0.408 e. The summed E-state index contributed by atoms with van der Waals surface area (Å²) in [4.78, 5) is 30.2. The Morgan fingerprint density at radius 2 is 1.92 bits per heavy atom. The Morgan fingerprint density at radius 3 is 2.65 bits per heavy atom. The third kappa shape index (κ3) is 2.94. The number of H-pyrrole nitrogens is 1. The van der Waals surface area contributed by atoms with E-state index in [4.69, 9.17) is 16.0 Å². The number of hydrogen-bond acceptors (Lipinski definition) is 4. The van der Waals surface area contributed by atoms with Gasteiger partial charge in [0.25, 0.3) is 5.91 Å². The molecule has 1 aliphatic heterocycles. The molecule has 8 heteroatoms. The zero-order valence-corrected chi connectivity index (χ0v) is 14.4. The zero-order valence-electron chi connectivity index (χ0n) is 13.7. The highest BCUT2D eigenvalue weighted by molar-refractivity contribution is 6.33. The van der Waals surface area contributed by atoms with Gasteiger partial charge in [0.1, 0.15) is 5.82 Å². The number of halogens is 2. The number of nitrogens with zero attached hydrogens (tertiary/aromatic N) is 2. The lowest BCUT2D eigenvalue weighted by Crippen LogP contribution is -2.49. The maximum absolute atomic E-state index is 14.0. The highest BCUT2D eigenvalue weighted by Crippen LogP contribution is 2.24. The fraction of sp³-hybridized carbons (Fsp3) is 0.222. The van der Waals surface area contributed by atoms with Gasteiger partial charge in [-0.15, -0.1) is 0 Å². The lowest BCUT2D eigenvalue weighted by molar-refractivity contribution is 0.0742. The van der Waals surface area contributed by atoms with Gasteiger partial charge in [0.2, 0.25) is 0 Å². The molecular weight excluding hydrogens is 361 g/mol. The van der Waals surface area contributed by atoms with Crippen LogP contribution in [0.15, 0.2) is 45.6 Å². The number of piperazine rings is 1. The number of anilines is 1. The van der Waals surface area contributed by atoms with Crippen LogP contribution in [0.5, 0.6) is 0 Å². The molecule has 0 atom stereocenters. The monoisotopic (exact) mass is 375 g/mol. The largest absolute Gasteiger partial charge is 0.417 e. The minimum atomic E-state index is -0.612. The van der Waals surface area contributed by atoms with Crippen molar-refractivity contribution in [2.75, 3.05) is 31.1 Å². The first-order valence-corrected chi connectivity index (χ1v) is 8.52. The molecule has 1 aromatic heterocycles. The Bertz CT molecular complexity index is 1020. The van der Waals surface area contributed by atoms with Gasteiger partial charge in [0, 0.05) is 31.9 Å². The van der Waals surface area contributed by atoms with E-state index in [0.29, 0.717) is 37.3 Å². The van der Waals surface area contributed by atoms with Crippen LogP contribution in [0.2, 0.25) is 5.02 Å². The van der Waals surface area contributed by atoms with E-state index in [-0.39, 0.29) is 10.6 Å². The molecule has 0 radical (unpaired) electrons. The summed E-state index contributed by atoms with van der Waals surface area (Å²) in [5, 5.41) is 0.117. The molecule has 0 unspecified atom stereocenters. The SMILES string of the molecule is O=C(c1c(F)cccc1Cl)N1CCN(c2ccc3oc(=O)[nH]c3c2)CC1. The highest BCUT2D eigenvalue weighted by Gasteiger charge is 2.26. The Morgan fingerprint density at radius 1 is 1.15 bits per heavy atom. The summed E-state index contributed by atoms with van der Waals surface area (Å²) in [5.74, 6) is -1.50. The maximum Gasteiger partial charge on any atom is 0.417 e. The van der Waals surface area contributed by atoms with Crippen molar-refractivity contribution < 1.29 is 13.6 Å². The second-order valence-corrected chi connectivity index (χ2v) is 6.48. The standard InChI is InChI=1S/C18H15ClFN3O3/c19-12-2-1-3-13(20)16(12)17(24)23-8-6-22(7-9-23)11-4-5-15-14(10-11)21-18(25)26-15/h1-5,10H,6-9H2,(H,21,25). The van der Waals surface area contributed by atoms with Crippen molar-refractivity contribution in [1.82, 2.24) is 9.88 Å². The topological polar surface area (TPSA) is 69.6 Å². The van der Waals surface area contributed by atoms with Crippen molar-refractivity contribution in [3.8, 4) is 0 Å². The van der Waals surface area contributed by atoms with E-state index in [2.05, 4.69) is 9.88 Å². The average Bonchev–Trinajstić information content (AvgIpc) is 3.00. The smallest absolute Gasteiger partial charge is 0.408 e. The molecule has 3 aromatic rings. The molecule has 1 aliphatic rings. The van der Waals surface area contributed by atoms with E-state index in [0.717, 1.165) is 5.69 Å². The van der Waals surface area contributed by atoms with Crippen LogP contribution in [0.1, 0.15) is 10.4 Å². The maximum atomic E-state index is 14.0. The number of carbonyl (C=O) groups is 1. The van der Waals surface area contributed by atoms with E-state index >= 15 is 0 Å². The number of nitrogens with one attached hydrogen (secondary N) is 1. The van der Waals surface area contributed by atoms with E-state index < -0.39 is 17.5 Å². The molecule has 0 saturated carbocycles. The van der Waals surface area contributed by atoms with Crippen LogP contribution >= 0.6 is 11.6 Å². The van der Waals surface area contributed by atoms with Gasteiger partial charge >= 0.3 is 5.76 Å². The van der Waals surface area contributed by atoms with E-state index in [9.17, 15) is 14.0 Å². The van der Waals surface area contributed by atoms with Crippen molar-refractivity contribution in [3.63, 3.8) is 0 Å².